The Hall–Kier alpha value is -0.710. The zero-order valence-electron chi connectivity index (χ0n) is 6.47. The van der Waals surface area contributed by atoms with Crippen LogP contribution in [0.25, 0.3) is 0 Å². The topological polar surface area (TPSA) is 40.5 Å². The van der Waals surface area contributed by atoms with Crippen molar-refractivity contribution in [1.82, 2.24) is 5.34 Å². The number of hydrogen-bond acceptors (Lipinski definition) is 2. The molecule has 0 aliphatic carbocycles. The Morgan fingerprint density at radius 3 is 2.27 bits per heavy atom. The second-order valence-electron chi connectivity index (χ2n) is 2.94. The Kier molecular flexibility index (Phi) is 3.38. The van der Waals surface area contributed by atoms with Crippen LogP contribution in [0.1, 0.15) is 26.7 Å². The fourth-order valence-corrected chi connectivity index (χ4v) is 0.497. The lowest BCUT2D eigenvalue weighted by Gasteiger charge is -2.22. The number of carboxylic acid groups (broad SMARTS) is 1. The standard InChI is InChI=1S/C6H11F2NO2/c1-6(2,9(7)8)4-3-5(10)11/h3-4H2,1-2H3,(H,10,11). The maximum Gasteiger partial charge on any atom is 0.303 e. The Labute approximate surface area is 63.5 Å². The molecule has 0 rings (SSSR count). The van der Waals surface area contributed by atoms with Crippen LogP contribution in [0.5, 0.6) is 0 Å². The van der Waals surface area contributed by atoms with E-state index in [1.807, 2.05) is 0 Å². The maximum atomic E-state index is 11.9. The molecule has 0 radical (unpaired) electrons. The summed E-state index contributed by atoms with van der Waals surface area (Å²) in [4.78, 5) is 10.0. The summed E-state index contributed by atoms with van der Waals surface area (Å²) in [6, 6.07) is 0. The molecule has 0 unspecified atom stereocenters. The number of carboxylic acids is 1. The van der Waals surface area contributed by atoms with Gasteiger partial charge in [0.15, 0.2) is 0 Å². The molecule has 0 aliphatic rings. The van der Waals surface area contributed by atoms with Crippen molar-refractivity contribution in [2.45, 2.75) is 32.2 Å². The van der Waals surface area contributed by atoms with Crippen molar-refractivity contribution in [3.05, 3.63) is 0 Å². The normalized spacial score (nSPS) is 12.1. The quantitative estimate of drug-likeness (QED) is 0.648. The van der Waals surface area contributed by atoms with Gasteiger partial charge in [0.25, 0.3) is 0 Å². The van der Waals surface area contributed by atoms with Crippen molar-refractivity contribution in [2.75, 3.05) is 0 Å². The van der Waals surface area contributed by atoms with Crippen LogP contribution in [-0.4, -0.2) is 22.0 Å². The van der Waals surface area contributed by atoms with Gasteiger partial charge in [0.1, 0.15) is 0 Å². The molecule has 1 N–H and O–H groups in total. The van der Waals surface area contributed by atoms with Crippen LogP contribution in [0.2, 0.25) is 0 Å². The van der Waals surface area contributed by atoms with Crippen LogP contribution in [0.3, 0.4) is 0 Å². The third-order valence-corrected chi connectivity index (χ3v) is 1.41. The molecule has 3 nitrogen and oxygen atoms in total. The van der Waals surface area contributed by atoms with E-state index in [-0.39, 0.29) is 12.8 Å². The minimum absolute atomic E-state index is 0.0602. The van der Waals surface area contributed by atoms with Gasteiger partial charge in [-0.3, -0.25) is 4.79 Å². The molecular weight excluding hydrogens is 156 g/mol. The summed E-state index contributed by atoms with van der Waals surface area (Å²) in [5.74, 6) is -1.06. The van der Waals surface area contributed by atoms with Gasteiger partial charge >= 0.3 is 5.97 Å². The van der Waals surface area contributed by atoms with Gasteiger partial charge in [-0.15, -0.1) is 8.96 Å². The molecule has 11 heavy (non-hydrogen) atoms. The number of hydrogen-bond donors (Lipinski definition) is 1. The van der Waals surface area contributed by atoms with Gasteiger partial charge in [-0.2, -0.15) is 0 Å². The van der Waals surface area contributed by atoms with Crippen molar-refractivity contribution < 1.29 is 18.9 Å². The average molecular weight is 167 g/mol. The zero-order chi connectivity index (χ0) is 9.07. The van der Waals surface area contributed by atoms with Crippen LogP contribution in [0.4, 0.5) is 8.96 Å². The van der Waals surface area contributed by atoms with Crippen molar-refractivity contribution in [3.8, 4) is 0 Å². The van der Waals surface area contributed by atoms with E-state index < -0.39 is 16.9 Å². The highest BCUT2D eigenvalue weighted by Gasteiger charge is 2.28. The highest BCUT2D eigenvalue weighted by molar-refractivity contribution is 5.66. The summed E-state index contributed by atoms with van der Waals surface area (Å²) < 4.78 is 23.8. The number of halogens is 2. The Morgan fingerprint density at radius 2 is 2.00 bits per heavy atom. The summed E-state index contributed by atoms with van der Waals surface area (Å²) in [5, 5.41) is 7.23. The summed E-state index contributed by atoms with van der Waals surface area (Å²) in [5.41, 5.74) is -1.35. The SMILES string of the molecule is CC(C)(CCC(=O)O)N(F)F. The van der Waals surface area contributed by atoms with Gasteiger partial charge in [-0.25, -0.2) is 0 Å². The van der Waals surface area contributed by atoms with Gasteiger partial charge in [-0.1, -0.05) is 0 Å². The summed E-state index contributed by atoms with van der Waals surface area (Å²) >= 11 is 0. The third kappa shape index (κ3) is 3.87. The van der Waals surface area contributed by atoms with Crippen LogP contribution < -0.4 is 0 Å². The fraction of sp³-hybridized carbons (Fsp3) is 0.833. The van der Waals surface area contributed by atoms with Crippen molar-refractivity contribution in [2.24, 2.45) is 0 Å². The number of aliphatic carboxylic acids is 1. The van der Waals surface area contributed by atoms with E-state index in [1.54, 1.807) is 0 Å². The van der Waals surface area contributed by atoms with E-state index in [4.69, 9.17) is 5.11 Å². The Morgan fingerprint density at radius 1 is 1.55 bits per heavy atom. The van der Waals surface area contributed by atoms with E-state index in [0.717, 1.165) is 0 Å². The van der Waals surface area contributed by atoms with Crippen molar-refractivity contribution >= 4 is 5.97 Å². The molecule has 0 saturated carbocycles. The van der Waals surface area contributed by atoms with Gasteiger partial charge in [0, 0.05) is 11.8 Å². The molecule has 0 aromatic carbocycles. The van der Waals surface area contributed by atoms with Crippen LogP contribution in [-0.2, 0) is 4.79 Å². The van der Waals surface area contributed by atoms with Crippen LogP contribution in [0.15, 0.2) is 0 Å². The maximum absolute atomic E-state index is 11.9. The molecule has 0 aliphatic heterocycles. The summed E-state index contributed by atoms with van der Waals surface area (Å²) in [6.07, 6.45) is -0.299. The van der Waals surface area contributed by atoms with Gasteiger partial charge in [0.05, 0.1) is 5.54 Å². The van der Waals surface area contributed by atoms with E-state index in [0.29, 0.717) is 0 Å². The van der Waals surface area contributed by atoms with Crippen molar-refractivity contribution in [3.63, 3.8) is 0 Å². The number of nitrogens with zero attached hydrogens (tertiary/aromatic N) is 1. The number of rotatable bonds is 4. The summed E-state index contributed by atoms with van der Waals surface area (Å²) in [7, 11) is 0. The first-order chi connectivity index (χ1) is 4.86. The highest BCUT2D eigenvalue weighted by atomic mass is 19.4. The van der Waals surface area contributed by atoms with Crippen LogP contribution in [0, 0.1) is 0 Å². The minimum Gasteiger partial charge on any atom is -0.481 e. The lowest BCUT2D eigenvalue weighted by Crippen LogP contribution is -2.32. The predicted octanol–water partition coefficient (Wildman–Crippen LogP) is 1.70. The highest BCUT2D eigenvalue weighted by Crippen LogP contribution is 2.21. The molecule has 0 heterocycles. The smallest absolute Gasteiger partial charge is 0.303 e. The van der Waals surface area contributed by atoms with E-state index in [9.17, 15) is 13.8 Å². The first kappa shape index (κ1) is 10.3. The van der Waals surface area contributed by atoms with Gasteiger partial charge < -0.3 is 5.11 Å². The number of carbonyl (C=O) groups is 1. The first-order valence-corrected chi connectivity index (χ1v) is 3.20. The molecule has 0 atom stereocenters. The third-order valence-electron chi connectivity index (χ3n) is 1.41. The molecule has 0 aromatic heterocycles. The average Bonchev–Trinajstić information content (AvgIpc) is 1.84. The Balaban J connectivity index is 3.82. The zero-order valence-corrected chi connectivity index (χ0v) is 6.47. The molecule has 5 heteroatoms. The van der Waals surface area contributed by atoms with E-state index >= 15 is 0 Å². The molecule has 0 spiro atoms. The van der Waals surface area contributed by atoms with Gasteiger partial charge in [-0.05, 0) is 20.3 Å². The largest absolute Gasteiger partial charge is 0.481 e. The second-order valence-corrected chi connectivity index (χ2v) is 2.94. The van der Waals surface area contributed by atoms with E-state index in [2.05, 4.69) is 0 Å². The van der Waals surface area contributed by atoms with E-state index in [1.165, 1.54) is 13.8 Å². The minimum atomic E-state index is -1.35. The lowest BCUT2D eigenvalue weighted by atomic mass is 10.00. The molecule has 0 amide bonds. The van der Waals surface area contributed by atoms with Crippen molar-refractivity contribution in [1.29, 1.82) is 0 Å². The predicted molar refractivity (Wildman–Crippen MR) is 35.0 cm³/mol. The molecule has 0 fully saturated rings. The fourth-order valence-electron chi connectivity index (χ4n) is 0.497. The summed E-state index contributed by atoms with van der Waals surface area (Å²) in [6.45, 7) is 2.58. The molecule has 0 saturated heterocycles. The second kappa shape index (κ2) is 3.61. The van der Waals surface area contributed by atoms with Gasteiger partial charge in [0.2, 0.25) is 0 Å². The molecular formula is C6H11F2NO2. The first-order valence-electron chi connectivity index (χ1n) is 3.20. The monoisotopic (exact) mass is 167 g/mol. The molecule has 66 valence electrons. The lowest BCUT2D eigenvalue weighted by molar-refractivity contribution is -0.223. The molecule has 0 bridgehead atoms. The molecule has 0 aromatic rings. The van der Waals surface area contributed by atoms with Crippen LogP contribution >= 0.6 is 0 Å². The Bertz CT molecular complexity index is 148.